The molecule has 0 aliphatic heterocycles. The van der Waals surface area contributed by atoms with Crippen LogP contribution in [-0.2, 0) is 9.84 Å². The van der Waals surface area contributed by atoms with Crippen LogP contribution in [0, 0.1) is 11.3 Å². The smallest absolute Gasteiger partial charge is 0.191 e. The highest BCUT2D eigenvalue weighted by Crippen LogP contribution is 2.27. The third-order valence-corrected chi connectivity index (χ3v) is 3.51. The molecule has 0 heterocycles. The van der Waals surface area contributed by atoms with Crippen molar-refractivity contribution in [2.45, 2.75) is 4.90 Å². The Bertz CT molecular complexity index is 505. The Morgan fingerprint density at radius 2 is 2.20 bits per heavy atom. The Kier molecular flexibility index (Phi) is 3.56. The standard InChI is InChI=1S/C9H8ClNO3S/c1-14-9-3-2-7(6-8(9)10)15(12,13)5-4-11/h2-3,6H,5H2,1H3. The molecule has 15 heavy (non-hydrogen) atoms. The maximum atomic E-state index is 11.5. The highest BCUT2D eigenvalue weighted by atomic mass is 35.5. The average molecular weight is 246 g/mol. The van der Waals surface area contributed by atoms with E-state index in [-0.39, 0.29) is 9.92 Å². The molecule has 0 aromatic heterocycles. The Hall–Kier alpha value is -1.25. The SMILES string of the molecule is COc1ccc(S(=O)(=O)CC#N)cc1Cl. The summed E-state index contributed by atoms with van der Waals surface area (Å²) in [5.74, 6) is -0.164. The van der Waals surface area contributed by atoms with E-state index in [1.807, 2.05) is 0 Å². The van der Waals surface area contributed by atoms with Gasteiger partial charge in [0.15, 0.2) is 9.84 Å². The van der Waals surface area contributed by atoms with Crippen molar-refractivity contribution in [3.63, 3.8) is 0 Å². The Balaban J connectivity index is 3.20. The van der Waals surface area contributed by atoms with Crippen LogP contribution in [0.5, 0.6) is 5.75 Å². The first-order valence-electron chi connectivity index (χ1n) is 3.94. The minimum atomic E-state index is -3.56. The monoisotopic (exact) mass is 245 g/mol. The van der Waals surface area contributed by atoms with Crippen molar-refractivity contribution in [3.8, 4) is 11.8 Å². The van der Waals surface area contributed by atoms with E-state index < -0.39 is 15.6 Å². The third-order valence-electron chi connectivity index (χ3n) is 1.74. The number of nitriles is 1. The number of methoxy groups -OCH3 is 1. The zero-order valence-electron chi connectivity index (χ0n) is 7.90. The van der Waals surface area contributed by atoms with E-state index in [9.17, 15) is 8.42 Å². The summed E-state index contributed by atoms with van der Waals surface area (Å²) in [5, 5.41) is 8.55. The van der Waals surface area contributed by atoms with Crippen molar-refractivity contribution in [1.82, 2.24) is 0 Å². The lowest BCUT2D eigenvalue weighted by molar-refractivity contribution is 0.414. The third kappa shape index (κ3) is 2.61. The molecule has 6 heteroatoms. The van der Waals surface area contributed by atoms with Gasteiger partial charge < -0.3 is 4.74 Å². The molecule has 0 spiro atoms. The fourth-order valence-corrected chi connectivity index (χ4v) is 2.24. The second-order valence-electron chi connectivity index (χ2n) is 2.71. The number of hydrogen-bond donors (Lipinski definition) is 0. The lowest BCUT2D eigenvalue weighted by Gasteiger charge is -2.04. The van der Waals surface area contributed by atoms with Gasteiger partial charge in [-0.1, -0.05) is 11.6 Å². The molecule has 0 aliphatic carbocycles. The van der Waals surface area contributed by atoms with Gasteiger partial charge in [-0.2, -0.15) is 5.26 Å². The first kappa shape index (κ1) is 11.8. The van der Waals surface area contributed by atoms with Crippen LogP contribution in [0.1, 0.15) is 0 Å². The molecule has 80 valence electrons. The van der Waals surface area contributed by atoms with Crippen LogP contribution >= 0.6 is 11.6 Å². The molecule has 4 nitrogen and oxygen atoms in total. The number of halogens is 1. The highest BCUT2D eigenvalue weighted by molar-refractivity contribution is 7.91. The second kappa shape index (κ2) is 4.51. The van der Waals surface area contributed by atoms with Crippen molar-refractivity contribution >= 4 is 21.4 Å². The van der Waals surface area contributed by atoms with Crippen LogP contribution in [-0.4, -0.2) is 21.3 Å². The Morgan fingerprint density at radius 3 is 2.67 bits per heavy atom. The molecule has 0 aliphatic rings. The van der Waals surface area contributed by atoms with E-state index in [1.165, 1.54) is 25.3 Å². The first-order valence-corrected chi connectivity index (χ1v) is 5.97. The molecule has 0 saturated heterocycles. The molecule has 1 aromatic carbocycles. The van der Waals surface area contributed by atoms with E-state index in [1.54, 1.807) is 6.07 Å². The van der Waals surface area contributed by atoms with Crippen LogP contribution < -0.4 is 4.74 Å². The zero-order chi connectivity index (χ0) is 11.5. The molecule has 1 aromatic rings. The maximum Gasteiger partial charge on any atom is 0.191 e. The molecule has 0 fully saturated rings. The van der Waals surface area contributed by atoms with Gasteiger partial charge in [-0.25, -0.2) is 8.42 Å². The normalized spacial score (nSPS) is 10.7. The molecule has 0 N–H and O–H groups in total. The quantitative estimate of drug-likeness (QED) is 0.812. The van der Waals surface area contributed by atoms with Gasteiger partial charge in [0.25, 0.3) is 0 Å². The van der Waals surface area contributed by atoms with Gasteiger partial charge in [0.1, 0.15) is 11.5 Å². The van der Waals surface area contributed by atoms with Crippen LogP contribution in [0.3, 0.4) is 0 Å². The minimum absolute atomic E-state index is 0.0230. The zero-order valence-corrected chi connectivity index (χ0v) is 9.47. The van der Waals surface area contributed by atoms with E-state index in [0.717, 1.165) is 0 Å². The number of benzene rings is 1. The Morgan fingerprint density at radius 1 is 1.53 bits per heavy atom. The number of ether oxygens (including phenoxy) is 1. The lowest BCUT2D eigenvalue weighted by atomic mass is 10.3. The van der Waals surface area contributed by atoms with Crippen LogP contribution in [0.4, 0.5) is 0 Å². The molecule has 0 amide bonds. The van der Waals surface area contributed by atoms with E-state index in [4.69, 9.17) is 21.6 Å². The van der Waals surface area contributed by atoms with E-state index >= 15 is 0 Å². The van der Waals surface area contributed by atoms with Crippen molar-refractivity contribution in [1.29, 1.82) is 5.26 Å². The summed E-state index contributed by atoms with van der Waals surface area (Å²) in [4.78, 5) is 0.0230. The van der Waals surface area contributed by atoms with Gasteiger partial charge in [-0.05, 0) is 18.2 Å². The number of nitrogens with zero attached hydrogens (tertiary/aromatic N) is 1. The van der Waals surface area contributed by atoms with Crippen molar-refractivity contribution in [2.75, 3.05) is 12.9 Å². The molecule has 1 rings (SSSR count). The summed E-state index contributed by atoms with van der Waals surface area (Å²) in [6.45, 7) is 0. The predicted octanol–water partition coefficient (Wildman–Crippen LogP) is 1.65. The predicted molar refractivity (Wildman–Crippen MR) is 55.7 cm³/mol. The molecule has 0 bridgehead atoms. The molecule has 0 saturated carbocycles. The lowest BCUT2D eigenvalue weighted by Crippen LogP contribution is -2.04. The fourth-order valence-electron chi connectivity index (χ4n) is 1.01. The topological polar surface area (TPSA) is 67.2 Å². The second-order valence-corrected chi connectivity index (χ2v) is 5.11. The summed E-state index contributed by atoms with van der Waals surface area (Å²) in [6.07, 6.45) is 0. The summed E-state index contributed by atoms with van der Waals surface area (Å²) in [5.41, 5.74) is 0. The van der Waals surface area contributed by atoms with Crippen LogP contribution in [0.25, 0.3) is 0 Å². The van der Waals surface area contributed by atoms with Gasteiger partial charge >= 0.3 is 0 Å². The summed E-state index contributed by atoms with van der Waals surface area (Å²) in [7, 11) is -2.12. The van der Waals surface area contributed by atoms with Gasteiger partial charge in [0, 0.05) is 0 Å². The van der Waals surface area contributed by atoms with Crippen LogP contribution in [0.15, 0.2) is 23.1 Å². The van der Waals surface area contributed by atoms with Gasteiger partial charge in [-0.3, -0.25) is 0 Å². The van der Waals surface area contributed by atoms with Crippen molar-refractivity contribution in [2.24, 2.45) is 0 Å². The van der Waals surface area contributed by atoms with Crippen LogP contribution in [0.2, 0.25) is 5.02 Å². The molecule has 0 atom stereocenters. The molecule has 0 radical (unpaired) electrons. The van der Waals surface area contributed by atoms with E-state index in [0.29, 0.717) is 5.75 Å². The highest BCUT2D eigenvalue weighted by Gasteiger charge is 2.15. The van der Waals surface area contributed by atoms with Gasteiger partial charge in [0.2, 0.25) is 0 Å². The van der Waals surface area contributed by atoms with E-state index in [2.05, 4.69) is 0 Å². The van der Waals surface area contributed by atoms with Gasteiger partial charge in [-0.15, -0.1) is 0 Å². The first-order chi connectivity index (χ1) is 7.01. The largest absolute Gasteiger partial charge is 0.495 e. The summed E-state index contributed by atoms with van der Waals surface area (Å²) < 4.78 is 27.8. The molecular weight excluding hydrogens is 238 g/mol. The van der Waals surface area contributed by atoms with Crippen molar-refractivity contribution in [3.05, 3.63) is 23.2 Å². The fraction of sp³-hybridized carbons (Fsp3) is 0.222. The molecular formula is C9H8ClNO3S. The van der Waals surface area contributed by atoms with Gasteiger partial charge in [0.05, 0.1) is 23.1 Å². The number of sulfone groups is 1. The number of rotatable bonds is 3. The maximum absolute atomic E-state index is 11.5. The van der Waals surface area contributed by atoms with Crippen molar-refractivity contribution < 1.29 is 13.2 Å². The molecule has 0 unspecified atom stereocenters. The Labute approximate surface area is 93.0 Å². The summed E-state index contributed by atoms with van der Waals surface area (Å²) >= 11 is 5.76. The number of hydrogen-bond acceptors (Lipinski definition) is 4. The minimum Gasteiger partial charge on any atom is -0.495 e. The average Bonchev–Trinajstić information content (AvgIpc) is 2.17. The summed E-state index contributed by atoms with van der Waals surface area (Å²) in [6, 6.07) is 5.67.